The maximum atomic E-state index is 11.8. The fourth-order valence-corrected chi connectivity index (χ4v) is 2.04. The van der Waals surface area contributed by atoms with E-state index in [-0.39, 0.29) is 19.0 Å². The van der Waals surface area contributed by atoms with Crippen molar-refractivity contribution in [2.75, 3.05) is 39.3 Å². The van der Waals surface area contributed by atoms with Gasteiger partial charge in [-0.05, 0) is 13.0 Å². The van der Waals surface area contributed by atoms with Gasteiger partial charge in [0.2, 0.25) is 0 Å². The summed E-state index contributed by atoms with van der Waals surface area (Å²) in [4.78, 5) is 26.2. The Morgan fingerprint density at radius 3 is 2.42 bits per heavy atom. The molecule has 7 heteroatoms. The molecular formula is C12H23N3O4. The van der Waals surface area contributed by atoms with Crippen molar-refractivity contribution in [3.8, 4) is 0 Å². The van der Waals surface area contributed by atoms with Crippen LogP contribution in [-0.2, 0) is 4.79 Å². The average molecular weight is 273 g/mol. The number of nitrogens with one attached hydrogen (secondary N) is 1. The Kier molecular flexibility index (Phi) is 6.58. The van der Waals surface area contributed by atoms with Crippen molar-refractivity contribution in [2.45, 2.75) is 25.9 Å². The molecule has 1 atom stereocenters. The van der Waals surface area contributed by atoms with Gasteiger partial charge in [0.25, 0.3) is 0 Å². The van der Waals surface area contributed by atoms with Gasteiger partial charge in [-0.15, -0.1) is 0 Å². The highest BCUT2D eigenvalue weighted by Crippen LogP contribution is 2.02. The van der Waals surface area contributed by atoms with E-state index in [1.807, 2.05) is 0 Å². The molecule has 0 saturated carbocycles. The largest absolute Gasteiger partial charge is 0.479 e. The summed E-state index contributed by atoms with van der Waals surface area (Å²) in [6, 6.07) is -0.186. The lowest BCUT2D eigenvalue weighted by Crippen LogP contribution is -2.52. The molecule has 19 heavy (non-hydrogen) atoms. The maximum Gasteiger partial charge on any atom is 0.332 e. The monoisotopic (exact) mass is 273 g/mol. The molecule has 2 amide bonds. The van der Waals surface area contributed by atoms with Gasteiger partial charge < -0.3 is 20.4 Å². The molecular weight excluding hydrogens is 250 g/mol. The van der Waals surface area contributed by atoms with E-state index in [9.17, 15) is 9.59 Å². The van der Waals surface area contributed by atoms with E-state index >= 15 is 0 Å². The van der Waals surface area contributed by atoms with Gasteiger partial charge in [-0.1, -0.05) is 6.92 Å². The number of urea groups is 1. The van der Waals surface area contributed by atoms with Gasteiger partial charge in [-0.2, -0.15) is 0 Å². The van der Waals surface area contributed by atoms with Crippen LogP contribution < -0.4 is 5.32 Å². The van der Waals surface area contributed by atoms with Crippen molar-refractivity contribution < 1.29 is 19.8 Å². The number of amides is 2. The molecule has 1 aliphatic rings. The number of rotatable bonds is 6. The Balaban J connectivity index is 2.19. The molecule has 1 saturated heterocycles. The standard InChI is InChI=1S/C12H23N3O4/c1-2-5-14-6-8-15(9-7-14)12(19)13-4-3-10(16)11(17)18/h10,16H,2-9H2,1H3,(H,13,19)(H,17,18)/t10-/m0/s1. The molecule has 0 spiro atoms. The Labute approximate surface area is 113 Å². The molecule has 0 bridgehead atoms. The van der Waals surface area contributed by atoms with E-state index in [4.69, 9.17) is 10.2 Å². The predicted octanol–water partition coefficient (Wildman–Crippen LogP) is -0.441. The highest BCUT2D eigenvalue weighted by molar-refractivity contribution is 5.74. The molecule has 110 valence electrons. The van der Waals surface area contributed by atoms with Crippen molar-refractivity contribution in [1.82, 2.24) is 15.1 Å². The smallest absolute Gasteiger partial charge is 0.332 e. The summed E-state index contributed by atoms with van der Waals surface area (Å²) in [5.74, 6) is -1.26. The Bertz CT molecular complexity index is 303. The summed E-state index contributed by atoms with van der Waals surface area (Å²) < 4.78 is 0. The van der Waals surface area contributed by atoms with Crippen LogP contribution >= 0.6 is 0 Å². The molecule has 0 radical (unpaired) electrons. The Morgan fingerprint density at radius 1 is 1.26 bits per heavy atom. The molecule has 1 heterocycles. The van der Waals surface area contributed by atoms with Crippen LogP contribution in [0.15, 0.2) is 0 Å². The van der Waals surface area contributed by atoms with Crippen LogP contribution in [-0.4, -0.2) is 77.4 Å². The van der Waals surface area contributed by atoms with Crippen LogP contribution in [0.1, 0.15) is 19.8 Å². The molecule has 1 aliphatic heterocycles. The fraction of sp³-hybridized carbons (Fsp3) is 0.833. The van der Waals surface area contributed by atoms with E-state index in [0.29, 0.717) is 13.1 Å². The number of nitrogens with zero attached hydrogens (tertiary/aromatic N) is 2. The van der Waals surface area contributed by atoms with E-state index in [0.717, 1.165) is 26.1 Å². The minimum Gasteiger partial charge on any atom is -0.479 e. The number of aliphatic carboxylic acids is 1. The lowest BCUT2D eigenvalue weighted by molar-refractivity contribution is -0.146. The average Bonchev–Trinajstić information content (AvgIpc) is 2.39. The zero-order chi connectivity index (χ0) is 14.3. The van der Waals surface area contributed by atoms with E-state index in [1.54, 1.807) is 4.90 Å². The Morgan fingerprint density at radius 2 is 1.89 bits per heavy atom. The normalized spacial score (nSPS) is 18.1. The predicted molar refractivity (Wildman–Crippen MR) is 70.0 cm³/mol. The first-order valence-corrected chi connectivity index (χ1v) is 6.70. The summed E-state index contributed by atoms with van der Waals surface area (Å²) in [6.45, 7) is 6.48. The first kappa shape index (κ1) is 15.7. The third-order valence-electron chi connectivity index (χ3n) is 3.18. The Hall–Kier alpha value is -1.34. The van der Waals surface area contributed by atoms with E-state index < -0.39 is 12.1 Å². The molecule has 1 rings (SSSR count). The molecule has 0 aromatic carbocycles. The number of aliphatic hydroxyl groups is 1. The molecule has 7 nitrogen and oxygen atoms in total. The second-order valence-corrected chi connectivity index (χ2v) is 4.70. The zero-order valence-electron chi connectivity index (χ0n) is 11.3. The van der Waals surface area contributed by atoms with E-state index in [1.165, 1.54) is 0 Å². The van der Waals surface area contributed by atoms with Crippen LogP contribution in [0, 0.1) is 0 Å². The first-order valence-electron chi connectivity index (χ1n) is 6.70. The fourth-order valence-electron chi connectivity index (χ4n) is 2.04. The summed E-state index contributed by atoms with van der Waals surface area (Å²) in [5, 5.41) is 20.2. The lowest BCUT2D eigenvalue weighted by atomic mass is 10.2. The highest BCUT2D eigenvalue weighted by atomic mass is 16.4. The molecule has 0 aromatic rings. The van der Waals surface area contributed by atoms with Gasteiger partial charge >= 0.3 is 12.0 Å². The molecule has 3 N–H and O–H groups in total. The van der Waals surface area contributed by atoms with Crippen LogP contribution in [0.4, 0.5) is 4.79 Å². The quantitative estimate of drug-likeness (QED) is 0.610. The lowest BCUT2D eigenvalue weighted by Gasteiger charge is -2.34. The minimum atomic E-state index is -1.42. The van der Waals surface area contributed by atoms with Crippen molar-refractivity contribution in [3.05, 3.63) is 0 Å². The van der Waals surface area contributed by atoms with Crippen LogP contribution in [0.3, 0.4) is 0 Å². The SMILES string of the molecule is CCCN1CCN(C(=O)NCC[C@H](O)C(=O)O)CC1. The van der Waals surface area contributed by atoms with Gasteiger partial charge in [-0.3, -0.25) is 4.90 Å². The highest BCUT2D eigenvalue weighted by Gasteiger charge is 2.20. The van der Waals surface area contributed by atoms with Crippen molar-refractivity contribution in [2.24, 2.45) is 0 Å². The zero-order valence-corrected chi connectivity index (χ0v) is 11.3. The van der Waals surface area contributed by atoms with Gasteiger partial charge in [-0.25, -0.2) is 9.59 Å². The number of carbonyl (C=O) groups excluding carboxylic acids is 1. The van der Waals surface area contributed by atoms with Gasteiger partial charge in [0.1, 0.15) is 0 Å². The van der Waals surface area contributed by atoms with Gasteiger partial charge in [0, 0.05) is 39.1 Å². The number of piperazine rings is 1. The summed E-state index contributed by atoms with van der Waals surface area (Å²) in [7, 11) is 0. The third kappa shape index (κ3) is 5.44. The van der Waals surface area contributed by atoms with Gasteiger partial charge in [0.15, 0.2) is 6.10 Å². The number of hydrogen-bond donors (Lipinski definition) is 3. The van der Waals surface area contributed by atoms with Crippen molar-refractivity contribution in [3.63, 3.8) is 0 Å². The van der Waals surface area contributed by atoms with Gasteiger partial charge in [0.05, 0.1) is 0 Å². The van der Waals surface area contributed by atoms with Crippen molar-refractivity contribution >= 4 is 12.0 Å². The maximum absolute atomic E-state index is 11.8. The van der Waals surface area contributed by atoms with Crippen molar-refractivity contribution in [1.29, 1.82) is 0 Å². The number of aliphatic hydroxyl groups excluding tert-OH is 1. The van der Waals surface area contributed by atoms with Crippen LogP contribution in [0.5, 0.6) is 0 Å². The molecule has 0 aliphatic carbocycles. The first-order chi connectivity index (χ1) is 9.04. The number of carbonyl (C=O) groups is 2. The molecule has 0 aromatic heterocycles. The second-order valence-electron chi connectivity index (χ2n) is 4.70. The van der Waals surface area contributed by atoms with Crippen LogP contribution in [0.25, 0.3) is 0 Å². The minimum absolute atomic E-state index is 0.0247. The number of hydrogen-bond acceptors (Lipinski definition) is 4. The molecule has 0 unspecified atom stereocenters. The summed E-state index contributed by atoms with van der Waals surface area (Å²) >= 11 is 0. The third-order valence-corrected chi connectivity index (χ3v) is 3.18. The number of carboxylic acid groups (broad SMARTS) is 1. The summed E-state index contributed by atoms with van der Waals surface area (Å²) in [5.41, 5.74) is 0. The molecule has 1 fully saturated rings. The summed E-state index contributed by atoms with van der Waals surface area (Å²) in [6.07, 6.45) is -0.280. The second kappa shape index (κ2) is 7.96. The number of carboxylic acids is 1. The topological polar surface area (TPSA) is 93.1 Å². The van der Waals surface area contributed by atoms with E-state index in [2.05, 4.69) is 17.1 Å². The van der Waals surface area contributed by atoms with Crippen LogP contribution in [0.2, 0.25) is 0 Å².